The molecule has 0 aliphatic carbocycles. The lowest BCUT2D eigenvalue weighted by molar-refractivity contribution is -0.125. The summed E-state index contributed by atoms with van der Waals surface area (Å²) in [5.74, 6) is -2.17. The summed E-state index contributed by atoms with van der Waals surface area (Å²) in [4.78, 5) is 48.6. The molecule has 0 aliphatic heterocycles. The van der Waals surface area contributed by atoms with Crippen LogP contribution in [0.1, 0.15) is 91.8 Å². The lowest BCUT2D eigenvalue weighted by Gasteiger charge is -2.10. The molecule has 0 radical (unpaired) electrons. The molecule has 0 unspecified atom stereocenters. The highest BCUT2D eigenvalue weighted by atomic mass is 35.5. The van der Waals surface area contributed by atoms with Crippen LogP contribution < -0.4 is 16.2 Å². The van der Waals surface area contributed by atoms with Gasteiger partial charge in [0.2, 0.25) is 5.91 Å². The number of anilines is 1. The molecule has 8 nitrogen and oxygen atoms in total. The molecule has 0 bridgehead atoms. The van der Waals surface area contributed by atoms with Gasteiger partial charge in [0, 0.05) is 12.1 Å². The van der Waals surface area contributed by atoms with Crippen LogP contribution in [-0.2, 0) is 14.3 Å². The number of hydrogen-bond donors (Lipinski definition) is 3. The Kier molecular flexibility index (Phi) is 13.8. The van der Waals surface area contributed by atoms with Crippen LogP contribution in [0.15, 0.2) is 48.5 Å². The smallest absolute Gasteiger partial charge is 0.338 e. The molecule has 3 amide bonds. The van der Waals surface area contributed by atoms with E-state index in [4.69, 9.17) is 16.3 Å². The van der Waals surface area contributed by atoms with E-state index in [1.54, 1.807) is 30.3 Å². The summed E-state index contributed by atoms with van der Waals surface area (Å²) in [7, 11) is 0. The molecular formula is C28H36ClN3O5. The highest BCUT2D eigenvalue weighted by Crippen LogP contribution is 2.15. The Morgan fingerprint density at radius 1 is 0.784 bits per heavy atom. The number of hydrogen-bond acceptors (Lipinski definition) is 5. The average molecular weight is 530 g/mol. The largest absolute Gasteiger partial charge is 0.452 e. The van der Waals surface area contributed by atoms with Crippen molar-refractivity contribution in [3.8, 4) is 0 Å². The third kappa shape index (κ3) is 11.9. The second kappa shape index (κ2) is 17.1. The van der Waals surface area contributed by atoms with Crippen molar-refractivity contribution in [3.05, 3.63) is 64.7 Å². The van der Waals surface area contributed by atoms with Crippen molar-refractivity contribution in [2.24, 2.45) is 0 Å². The van der Waals surface area contributed by atoms with Crippen LogP contribution in [0.4, 0.5) is 5.69 Å². The molecule has 3 N–H and O–H groups in total. The number of nitrogens with one attached hydrogen (secondary N) is 3. The zero-order valence-corrected chi connectivity index (χ0v) is 22.1. The molecule has 0 heterocycles. The fraction of sp³-hybridized carbons (Fsp3) is 0.429. The third-order valence-corrected chi connectivity index (χ3v) is 5.99. The summed E-state index contributed by atoms with van der Waals surface area (Å²) in [6, 6.07) is 12.7. The number of carbonyl (C=O) groups is 4. The van der Waals surface area contributed by atoms with Gasteiger partial charge in [-0.3, -0.25) is 25.2 Å². The Hall–Kier alpha value is -3.39. The molecule has 2 aromatic carbocycles. The molecule has 9 heteroatoms. The first-order valence-electron chi connectivity index (χ1n) is 12.8. The second-order valence-electron chi connectivity index (χ2n) is 8.77. The maximum atomic E-state index is 12.3. The van der Waals surface area contributed by atoms with Crippen molar-refractivity contribution >= 4 is 41.0 Å². The van der Waals surface area contributed by atoms with Crippen LogP contribution >= 0.6 is 11.6 Å². The van der Waals surface area contributed by atoms with E-state index in [2.05, 4.69) is 23.1 Å². The fourth-order valence-corrected chi connectivity index (χ4v) is 3.85. The minimum atomic E-state index is -0.734. The molecule has 37 heavy (non-hydrogen) atoms. The molecule has 0 aliphatic rings. The van der Waals surface area contributed by atoms with Gasteiger partial charge in [-0.05, 0) is 36.8 Å². The fourth-order valence-electron chi connectivity index (χ4n) is 3.63. The lowest BCUT2D eigenvalue weighted by atomic mass is 10.1. The summed E-state index contributed by atoms with van der Waals surface area (Å²) < 4.78 is 5.00. The minimum Gasteiger partial charge on any atom is -0.452 e. The quantitative estimate of drug-likeness (QED) is 0.153. The molecule has 2 rings (SSSR count). The second-order valence-corrected chi connectivity index (χ2v) is 9.17. The van der Waals surface area contributed by atoms with E-state index in [0.717, 1.165) is 19.3 Å². The van der Waals surface area contributed by atoms with Crippen molar-refractivity contribution < 1.29 is 23.9 Å². The maximum Gasteiger partial charge on any atom is 0.338 e. The summed E-state index contributed by atoms with van der Waals surface area (Å²) in [5.41, 5.74) is 5.23. The summed E-state index contributed by atoms with van der Waals surface area (Å²) >= 11 is 5.94. The van der Waals surface area contributed by atoms with Crippen molar-refractivity contribution in [3.63, 3.8) is 0 Å². The zero-order valence-electron chi connectivity index (χ0n) is 21.3. The van der Waals surface area contributed by atoms with E-state index in [1.807, 2.05) is 0 Å². The number of rotatable bonds is 15. The normalized spacial score (nSPS) is 10.4. The minimum absolute atomic E-state index is 0.109. The first-order valence-corrected chi connectivity index (χ1v) is 13.2. The van der Waals surface area contributed by atoms with Crippen molar-refractivity contribution in [2.75, 3.05) is 11.9 Å². The first kappa shape index (κ1) is 29.8. The maximum absolute atomic E-state index is 12.3. The molecular weight excluding hydrogens is 494 g/mol. The van der Waals surface area contributed by atoms with Crippen LogP contribution in [-0.4, -0.2) is 30.3 Å². The van der Waals surface area contributed by atoms with E-state index in [1.165, 1.54) is 56.7 Å². The Labute approximate surface area is 223 Å². The number of unbranched alkanes of at least 4 members (excludes halogenated alkanes) is 8. The molecule has 0 spiro atoms. The van der Waals surface area contributed by atoms with Gasteiger partial charge in [-0.15, -0.1) is 0 Å². The monoisotopic (exact) mass is 529 g/mol. The van der Waals surface area contributed by atoms with Gasteiger partial charge < -0.3 is 10.1 Å². The van der Waals surface area contributed by atoms with Crippen molar-refractivity contribution in [1.29, 1.82) is 0 Å². The molecule has 0 fully saturated rings. The Morgan fingerprint density at radius 3 is 2.16 bits per heavy atom. The average Bonchev–Trinajstić information content (AvgIpc) is 2.89. The zero-order chi connectivity index (χ0) is 26.9. The van der Waals surface area contributed by atoms with E-state index in [0.29, 0.717) is 12.1 Å². The van der Waals surface area contributed by atoms with Crippen LogP contribution in [0.3, 0.4) is 0 Å². The SMILES string of the molecule is CCCCCCCCCCCC(=O)Nc1cccc(C(=O)OCC(=O)NNC(=O)c2ccccc2Cl)c1. The van der Waals surface area contributed by atoms with Crippen molar-refractivity contribution in [2.45, 2.75) is 71.1 Å². The molecule has 0 atom stereocenters. The number of hydrazine groups is 1. The van der Waals surface area contributed by atoms with Crippen LogP contribution in [0, 0.1) is 0 Å². The first-order chi connectivity index (χ1) is 17.9. The van der Waals surface area contributed by atoms with E-state index in [-0.39, 0.29) is 22.1 Å². The number of amides is 3. The Balaban J connectivity index is 1.66. The van der Waals surface area contributed by atoms with Gasteiger partial charge in [0.05, 0.1) is 16.1 Å². The molecule has 0 saturated heterocycles. The summed E-state index contributed by atoms with van der Waals surface area (Å²) in [6.07, 6.45) is 11.0. The number of carbonyl (C=O) groups excluding carboxylic acids is 4. The number of esters is 1. The Morgan fingerprint density at radius 2 is 1.46 bits per heavy atom. The van der Waals surface area contributed by atoms with E-state index >= 15 is 0 Å². The molecule has 2 aromatic rings. The lowest BCUT2D eigenvalue weighted by Crippen LogP contribution is -2.43. The van der Waals surface area contributed by atoms with Crippen LogP contribution in [0.5, 0.6) is 0 Å². The van der Waals surface area contributed by atoms with Crippen molar-refractivity contribution in [1.82, 2.24) is 10.9 Å². The van der Waals surface area contributed by atoms with Gasteiger partial charge in [0.15, 0.2) is 6.61 Å². The van der Waals surface area contributed by atoms with Crippen LogP contribution in [0.2, 0.25) is 5.02 Å². The molecule has 200 valence electrons. The summed E-state index contributed by atoms with van der Waals surface area (Å²) in [6.45, 7) is 1.61. The summed E-state index contributed by atoms with van der Waals surface area (Å²) in [5, 5.41) is 3.03. The standard InChI is InChI=1S/C28H36ClN3O5/c1-2-3-4-5-6-7-8-9-10-18-25(33)30-22-15-13-14-21(19-22)28(36)37-20-26(34)31-32-27(35)23-16-11-12-17-24(23)29/h11-17,19H,2-10,18,20H2,1H3,(H,30,33)(H,31,34)(H,32,35). The third-order valence-electron chi connectivity index (χ3n) is 5.66. The predicted octanol–water partition coefficient (Wildman–Crippen LogP) is 5.82. The predicted molar refractivity (Wildman–Crippen MR) is 144 cm³/mol. The van der Waals surface area contributed by atoms with Gasteiger partial charge in [-0.2, -0.15) is 0 Å². The Bertz CT molecular complexity index is 1040. The van der Waals surface area contributed by atoms with E-state index < -0.39 is 24.4 Å². The van der Waals surface area contributed by atoms with Gasteiger partial charge in [0.1, 0.15) is 0 Å². The van der Waals surface area contributed by atoms with Gasteiger partial charge >= 0.3 is 5.97 Å². The van der Waals surface area contributed by atoms with Gasteiger partial charge in [0.25, 0.3) is 11.8 Å². The number of ether oxygens (including phenoxy) is 1. The number of benzene rings is 2. The highest BCUT2D eigenvalue weighted by molar-refractivity contribution is 6.33. The van der Waals surface area contributed by atoms with Crippen LogP contribution in [0.25, 0.3) is 0 Å². The van der Waals surface area contributed by atoms with Gasteiger partial charge in [-0.25, -0.2) is 4.79 Å². The topological polar surface area (TPSA) is 114 Å². The van der Waals surface area contributed by atoms with E-state index in [9.17, 15) is 19.2 Å². The highest BCUT2D eigenvalue weighted by Gasteiger charge is 2.14. The number of halogens is 1. The van der Waals surface area contributed by atoms with Gasteiger partial charge in [-0.1, -0.05) is 88.1 Å². The molecule has 0 aromatic heterocycles. The molecule has 0 saturated carbocycles.